The first-order valence-corrected chi connectivity index (χ1v) is 7.01. The Morgan fingerprint density at radius 1 is 0.700 bits per heavy atom. The molecule has 20 heavy (non-hydrogen) atoms. The van der Waals surface area contributed by atoms with E-state index >= 15 is 0 Å². The highest BCUT2D eigenvalue weighted by molar-refractivity contribution is 6.31. The molecule has 0 spiro atoms. The molecule has 2 amide bonds. The van der Waals surface area contributed by atoms with Crippen LogP contribution in [-0.4, -0.2) is 19.1 Å². The van der Waals surface area contributed by atoms with E-state index in [-0.39, 0.29) is 6.03 Å². The molecule has 3 rings (SSSR count). The van der Waals surface area contributed by atoms with Gasteiger partial charge in [-0.3, -0.25) is 9.80 Å². The summed E-state index contributed by atoms with van der Waals surface area (Å²) < 4.78 is 0. The van der Waals surface area contributed by atoms with Gasteiger partial charge in [-0.05, 0) is 48.5 Å². The molecule has 0 aromatic heterocycles. The zero-order chi connectivity index (χ0) is 14.1. The van der Waals surface area contributed by atoms with Gasteiger partial charge in [0.1, 0.15) is 0 Å². The van der Waals surface area contributed by atoms with Gasteiger partial charge in [0.2, 0.25) is 0 Å². The molecular formula is C15H12Cl2N2O. The molecule has 1 heterocycles. The average molecular weight is 307 g/mol. The summed E-state index contributed by atoms with van der Waals surface area (Å²) >= 11 is 11.7. The van der Waals surface area contributed by atoms with Crippen molar-refractivity contribution in [1.29, 1.82) is 0 Å². The van der Waals surface area contributed by atoms with Crippen LogP contribution in [-0.2, 0) is 0 Å². The Hall–Kier alpha value is -1.71. The van der Waals surface area contributed by atoms with Crippen molar-refractivity contribution in [3.63, 3.8) is 0 Å². The van der Waals surface area contributed by atoms with E-state index in [0.29, 0.717) is 23.1 Å². The first kappa shape index (κ1) is 13.3. The maximum atomic E-state index is 12.5. The quantitative estimate of drug-likeness (QED) is 0.804. The van der Waals surface area contributed by atoms with Crippen LogP contribution in [0.4, 0.5) is 16.2 Å². The molecule has 5 heteroatoms. The molecule has 2 aromatic carbocycles. The van der Waals surface area contributed by atoms with E-state index in [1.165, 1.54) is 0 Å². The molecular weight excluding hydrogens is 295 g/mol. The fraction of sp³-hybridized carbons (Fsp3) is 0.133. The normalized spacial score (nSPS) is 15.0. The molecule has 0 bridgehead atoms. The van der Waals surface area contributed by atoms with Gasteiger partial charge < -0.3 is 0 Å². The second kappa shape index (κ2) is 5.35. The molecule has 1 saturated heterocycles. The minimum absolute atomic E-state index is 0.0327. The number of anilines is 2. The fourth-order valence-electron chi connectivity index (χ4n) is 2.26. The monoisotopic (exact) mass is 306 g/mol. The van der Waals surface area contributed by atoms with Gasteiger partial charge in [-0.1, -0.05) is 23.2 Å². The van der Waals surface area contributed by atoms with Gasteiger partial charge in [0.15, 0.2) is 0 Å². The van der Waals surface area contributed by atoms with Crippen molar-refractivity contribution in [3.8, 4) is 0 Å². The van der Waals surface area contributed by atoms with Crippen LogP contribution in [0.2, 0.25) is 10.0 Å². The Bertz CT molecular complexity index is 570. The van der Waals surface area contributed by atoms with Crippen LogP contribution in [0, 0.1) is 0 Å². The highest BCUT2D eigenvalue weighted by Gasteiger charge is 2.30. The lowest BCUT2D eigenvalue weighted by atomic mass is 10.3. The maximum Gasteiger partial charge on any atom is 0.329 e. The predicted octanol–water partition coefficient (Wildman–Crippen LogP) is 4.44. The highest BCUT2D eigenvalue weighted by atomic mass is 35.5. The van der Waals surface area contributed by atoms with Gasteiger partial charge in [0.25, 0.3) is 0 Å². The maximum absolute atomic E-state index is 12.5. The number of rotatable bonds is 2. The van der Waals surface area contributed by atoms with E-state index in [2.05, 4.69) is 0 Å². The summed E-state index contributed by atoms with van der Waals surface area (Å²) in [5.74, 6) is 0. The number of hydrogen-bond donors (Lipinski definition) is 0. The summed E-state index contributed by atoms with van der Waals surface area (Å²) in [5.41, 5.74) is 1.71. The summed E-state index contributed by atoms with van der Waals surface area (Å²) in [7, 11) is 0. The van der Waals surface area contributed by atoms with Gasteiger partial charge in [0.05, 0.1) is 0 Å². The molecule has 2 aromatic rings. The first-order chi connectivity index (χ1) is 9.65. The minimum atomic E-state index is -0.0327. The van der Waals surface area contributed by atoms with Crippen molar-refractivity contribution in [2.24, 2.45) is 0 Å². The van der Waals surface area contributed by atoms with Gasteiger partial charge in [-0.2, -0.15) is 0 Å². The summed E-state index contributed by atoms with van der Waals surface area (Å²) in [6.45, 7) is 1.31. The largest absolute Gasteiger partial charge is 0.329 e. The summed E-state index contributed by atoms with van der Waals surface area (Å²) in [6, 6.07) is 14.5. The third kappa shape index (κ3) is 2.47. The fourth-order valence-corrected chi connectivity index (χ4v) is 2.51. The Morgan fingerprint density at radius 3 is 1.40 bits per heavy atom. The van der Waals surface area contributed by atoms with Crippen molar-refractivity contribution in [3.05, 3.63) is 58.6 Å². The van der Waals surface area contributed by atoms with E-state index in [9.17, 15) is 4.79 Å². The second-order valence-electron chi connectivity index (χ2n) is 4.54. The molecule has 102 valence electrons. The Labute approximate surface area is 127 Å². The predicted molar refractivity (Wildman–Crippen MR) is 83.0 cm³/mol. The van der Waals surface area contributed by atoms with Crippen LogP contribution >= 0.6 is 23.2 Å². The van der Waals surface area contributed by atoms with E-state index < -0.39 is 0 Å². The number of benzene rings is 2. The van der Waals surface area contributed by atoms with Gasteiger partial charge in [0, 0.05) is 34.5 Å². The topological polar surface area (TPSA) is 23.6 Å². The van der Waals surface area contributed by atoms with Gasteiger partial charge >= 0.3 is 6.03 Å². The lowest BCUT2D eigenvalue weighted by Crippen LogP contribution is -2.31. The molecule has 0 radical (unpaired) electrons. The van der Waals surface area contributed by atoms with Crippen LogP contribution in [0.15, 0.2) is 48.5 Å². The van der Waals surface area contributed by atoms with Crippen molar-refractivity contribution < 1.29 is 4.79 Å². The molecule has 1 aliphatic rings. The smallest absolute Gasteiger partial charge is 0.292 e. The Morgan fingerprint density at radius 2 is 1.05 bits per heavy atom. The number of urea groups is 1. The molecule has 1 fully saturated rings. The average Bonchev–Trinajstić information content (AvgIpc) is 2.83. The number of amides is 2. The van der Waals surface area contributed by atoms with E-state index in [1.807, 2.05) is 24.3 Å². The van der Waals surface area contributed by atoms with Crippen LogP contribution < -0.4 is 9.80 Å². The highest BCUT2D eigenvalue weighted by Crippen LogP contribution is 2.26. The lowest BCUT2D eigenvalue weighted by Gasteiger charge is -2.18. The third-order valence-electron chi connectivity index (χ3n) is 3.29. The van der Waals surface area contributed by atoms with Crippen molar-refractivity contribution in [2.75, 3.05) is 22.9 Å². The summed E-state index contributed by atoms with van der Waals surface area (Å²) in [4.78, 5) is 15.9. The van der Waals surface area contributed by atoms with Crippen LogP contribution in [0.25, 0.3) is 0 Å². The van der Waals surface area contributed by atoms with Gasteiger partial charge in [-0.15, -0.1) is 0 Å². The SMILES string of the molecule is O=C1N(c2ccc(Cl)cc2)CCN1c1ccc(Cl)cc1. The van der Waals surface area contributed by atoms with Crippen molar-refractivity contribution in [1.82, 2.24) is 0 Å². The number of halogens is 2. The molecule has 3 nitrogen and oxygen atoms in total. The second-order valence-corrected chi connectivity index (χ2v) is 5.41. The Kier molecular flexibility index (Phi) is 3.55. The number of carbonyl (C=O) groups excluding carboxylic acids is 1. The molecule has 1 aliphatic heterocycles. The van der Waals surface area contributed by atoms with Crippen LogP contribution in [0.3, 0.4) is 0 Å². The van der Waals surface area contributed by atoms with Gasteiger partial charge in [-0.25, -0.2) is 4.79 Å². The minimum Gasteiger partial charge on any atom is -0.292 e. The number of carbonyl (C=O) groups is 1. The summed E-state index contributed by atoms with van der Waals surface area (Å²) in [5, 5.41) is 1.32. The van der Waals surface area contributed by atoms with E-state index in [0.717, 1.165) is 11.4 Å². The van der Waals surface area contributed by atoms with Crippen molar-refractivity contribution in [2.45, 2.75) is 0 Å². The molecule has 0 saturated carbocycles. The zero-order valence-electron chi connectivity index (χ0n) is 10.6. The standard InChI is InChI=1S/C15H12Cl2N2O/c16-11-1-5-13(6-2-11)18-9-10-19(15(18)20)14-7-3-12(17)4-8-14/h1-8H,9-10H2. The van der Waals surface area contributed by atoms with Crippen LogP contribution in [0.1, 0.15) is 0 Å². The third-order valence-corrected chi connectivity index (χ3v) is 3.79. The first-order valence-electron chi connectivity index (χ1n) is 6.25. The lowest BCUT2D eigenvalue weighted by molar-refractivity contribution is 0.256. The van der Waals surface area contributed by atoms with Crippen molar-refractivity contribution >= 4 is 40.6 Å². The molecule has 0 N–H and O–H groups in total. The molecule has 0 aliphatic carbocycles. The Balaban J connectivity index is 1.83. The van der Waals surface area contributed by atoms with Crippen LogP contribution in [0.5, 0.6) is 0 Å². The summed E-state index contributed by atoms with van der Waals surface area (Å²) in [6.07, 6.45) is 0. The molecule has 0 atom stereocenters. The number of hydrogen-bond acceptors (Lipinski definition) is 1. The van der Waals surface area contributed by atoms with E-state index in [1.54, 1.807) is 34.1 Å². The molecule has 0 unspecified atom stereocenters. The number of nitrogens with zero attached hydrogens (tertiary/aromatic N) is 2. The van der Waals surface area contributed by atoms with E-state index in [4.69, 9.17) is 23.2 Å². The zero-order valence-corrected chi connectivity index (χ0v) is 12.1.